The van der Waals surface area contributed by atoms with Gasteiger partial charge in [0.05, 0.1) is 0 Å². The molecule has 0 radical (unpaired) electrons. The van der Waals surface area contributed by atoms with Gasteiger partial charge in [-0.25, -0.2) is 9.67 Å². The van der Waals surface area contributed by atoms with Gasteiger partial charge >= 0.3 is 0 Å². The zero-order valence-electron chi connectivity index (χ0n) is 9.34. The number of carbonyl (C=O) groups is 1. The van der Waals surface area contributed by atoms with Crippen LogP contribution in [0.3, 0.4) is 0 Å². The van der Waals surface area contributed by atoms with Crippen LogP contribution in [0, 0.1) is 0 Å². The van der Waals surface area contributed by atoms with Gasteiger partial charge in [-0.15, -0.1) is 0 Å². The van der Waals surface area contributed by atoms with E-state index in [0.717, 1.165) is 19.3 Å². The standard InChI is InChI=1S/C10H17N5O/c1-7(15-6-12-5-13-15)10(16)14-9-4-2-3-8(9)11/h5-9H,2-4,11H2,1H3,(H,14,16). The minimum absolute atomic E-state index is 0.0483. The van der Waals surface area contributed by atoms with Crippen molar-refractivity contribution in [2.75, 3.05) is 0 Å². The summed E-state index contributed by atoms with van der Waals surface area (Å²) in [6.45, 7) is 1.80. The van der Waals surface area contributed by atoms with Crippen molar-refractivity contribution >= 4 is 5.91 Å². The molecule has 3 N–H and O–H groups in total. The van der Waals surface area contributed by atoms with Gasteiger partial charge in [0.2, 0.25) is 5.91 Å². The highest BCUT2D eigenvalue weighted by molar-refractivity contribution is 5.80. The first-order valence-electron chi connectivity index (χ1n) is 5.58. The first-order valence-corrected chi connectivity index (χ1v) is 5.58. The zero-order chi connectivity index (χ0) is 11.5. The Bertz CT molecular complexity index is 350. The molecule has 3 unspecified atom stereocenters. The number of hydrogen-bond acceptors (Lipinski definition) is 4. The summed E-state index contributed by atoms with van der Waals surface area (Å²) >= 11 is 0. The Labute approximate surface area is 94.2 Å². The Morgan fingerprint density at radius 3 is 3.00 bits per heavy atom. The molecule has 0 aromatic carbocycles. The van der Waals surface area contributed by atoms with Crippen molar-refractivity contribution in [2.24, 2.45) is 5.73 Å². The summed E-state index contributed by atoms with van der Waals surface area (Å²) in [5, 5.41) is 6.91. The Balaban J connectivity index is 1.93. The molecule has 2 rings (SSSR count). The van der Waals surface area contributed by atoms with Crippen LogP contribution in [0.1, 0.15) is 32.2 Å². The fourth-order valence-electron chi connectivity index (χ4n) is 2.01. The maximum Gasteiger partial charge on any atom is 0.244 e. The van der Waals surface area contributed by atoms with E-state index < -0.39 is 0 Å². The maximum absolute atomic E-state index is 11.9. The van der Waals surface area contributed by atoms with Gasteiger partial charge in [0.25, 0.3) is 0 Å². The minimum Gasteiger partial charge on any atom is -0.350 e. The molecule has 1 heterocycles. The number of rotatable bonds is 3. The van der Waals surface area contributed by atoms with E-state index in [-0.39, 0.29) is 24.0 Å². The lowest BCUT2D eigenvalue weighted by Crippen LogP contribution is -2.46. The summed E-state index contributed by atoms with van der Waals surface area (Å²) in [7, 11) is 0. The van der Waals surface area contributed by atoms with Crippen molar-refractivity contribution in [3.05, 3.63) is 12.7 Å². The average Bonchev–Trinajstić information content (AvgIpc) is 2.89. The fraction of sp³-hybridized carbons (Fsp3) is 0.700. The summed E-state index contributed by atoms with van der Waals surface area (Å²) in [5.41, 5.74) is 5.90. The summed E-state index contributed by atoms with van der Waals surface area (Å²) in [4.78, 5) is 15.7. The van der Waals surface area contributed by atoms with Crippen LogP contribution in [0.15, 0.2) is 12.7 Å². The second-order valence-electron chi connectivity index (χ2n) is 4.26. The largest absolute Gasteiger partial charge is 0.350 e. The molecule has 1 aromatic heterocycles. The van der Waals surface area contributed by atoms with Crippen LogP contribution >= 0.6 is 0 Å². The first-order chi connectivity index (χ1) is 7.68. The fourth-order valence-corrected chi connectivity index (χ4v) is 2.01. The average molecular weight is 223 g/mol. The van der Waals surface area contributed by atoms with Gasteiger partial charge in [-0.05, 0) is 26.2 Å². The van der Waals surface area contributed by atoms with Gasteiger partial charge in [0, 0.05) is 12.1 Å². The molecule has 0 saturated heterocycles. The Morgan fingerprint density at radius 2 is 2.44 bits per heavy atom. The second kappa shape index (κ2) is 4.61. The predicted octanol–water partition coefficient (Wildman–Crippen LogP) is -0.165. The van der Waals surface area contributed by atoms with Gasteiger partial charge < -0.3 is 11.1 Å². The van der Waals surface area contributed by atoms with Crippen molar-refractivity contribution in [1.82, 2.24) is 20.1 Å². The molecule has 3 atom stereocenters. The molecule has 6 heteroatoms. The number of nitrogens with one attached hydrogen (secondary N) is 1. The summed E-state index contributed by atoms with van der Waals surface area (Å²) < 4.78 is 1.54. The highest BCUT2D eigenvalue weighted by Gasteiger charge is 2.27. The van der Waals surface area contributed by atoms with Gasteiger partial charge in [0.1, 0.15) is 18.7 Å². The van der Waals surface area contributed by atoms with E-state index in [1.54, 1.807) is 13.3 Å². The molecule has 0 spiro atoms. The van der Waals surface area contributed by atoms with E-state index >= 15 is 0 Å². The van der Waals surface area contributed by atoms with Crippen molar-refractivity contribution < 1.29 is 4.79 Å². The van der Waals surface area contributed by atoms with Crippen LogP contribution in [-0.4, -0.2) is 32.8 Å². The number of amides is 1. The van der Waals surface area contributed by atoms with Crippen LogP contribution < -0.4 is 11.1 Å². The number of carbonyl (C=O) groups excluding carboxylic acids is 1. The highest BCUT2D eigenvalue weighted by atomic mass is 16.2. The maximum atomic E-state index is 11.9. The van der Waals surface area contributed by atoms with E-state index in [1.807, 2.05) is 0 Å². The molecule has 1 saturated carbocycles. The first kappa shape index (κ1) is 11.1. The van der Waals surface area contributed by atoms with Gasteiger partial charge in [-0.1, -0.05) is 0 Å². The van der Waals surface area contributed by atoms with Crippen molar-refractivity contribution in [3.8, 4) is 0 Å². The zero-order valence-corrected chi connectivity index (χ0v) is 9.34. The normalized spacial score (nSPS) is 26.6. The Kier molecular flexibility index (Phi) is 3.19. The van der Waals surface area contributed by atoms with Gasteiger partial charge in [-0.3, -0.25) is 4.79 Å². The SMILES string of the molecule is CC(C(=O)NC1CCCC1N)n1cncn1. The number of aromatic nitrogens is 3. The van der Waals surface area contributed by atoms with Crippen molar-refractivity contribution in [1.29, 1.82) is 0 Å². The Morgan fingerprint density at radius 1 is 1.62 bits per heavy atom. The highest BCUT2D eigenvalue weighted by Crippen LogP contribution is 2.17. The Hall–Kier alpha value is -1.43. The molecule has 1 amide bonds. The van der Waals surface area contributed by atoms with E-state index in [1.165, 1.54) is 11.0 Å². The summed E-state index contributed by atoms with van der Waals surface area (Å²) in [6, 6.07) is -0.138. The van der Waals surface area contributed by atoms with E-state index in [0.29, 0.717) is 0 Å². The lowest BCUT2D eigenvalue weighted by atomic mass is 10.2. The molecule has 0 bridgehead atoms. The molecule has 6 nitrogen and oxygen atoms in total. The molecule has 0 aliphatic heterocycles. The topological polar surface area (TPSA) is 85.8 Å². The minimum atomic E-state index is -0.338. The lowest BCUT2D eigenvalue weighted by Gasteiger charge is -2.20. The van der Waals surface area contributed by atoms with Crippen molar-refractivity contribution in [2.45, 2.75) is 44.3 Å². The second-order valence-corrected chi connectivity index (χ2v) is 4.26. The van der Waals surface area contributed by atoms with Crippen LogP contribution in [0.5, 0.6) is 0 Å². The molecular formula is C10H17N5O. The van der Waals surface area contributed by atoms with Gasteiger partial charge in [0.15, 0.2) is 0 Å². The number of nitrogens with two attached hydrogens (primary N) is 1. The van der Waals surface area contributed by atoms with Crippen LogP contribution in [0.2, 0.25) is 0 Å². The molecule has 1 aliphatic carbocycles. The van der Waals surface area contributed by atoms with E-state index in [9.17, 15) is 4.79 Å². The summed E-state index contributed by atoms with van der Waals surface area (Å²) in [5.74, 6) is -0.0483. The monoisotopic (exact) mass is 223 g/mol. The van der Waals surface area contributed by atoms with E-state index in [2.05, 4.69) is 15.4 Å². The molecule has 1 aliphatic rings. The summed E-state index contributed by atoms with van der Waals surface area (Å²) in [6.07, 6.45) is 6.01. The van der Waals surface area contributed by atoms with E-state index in [4.69, 9.17) is 5.73 Å². The lowest BCUT2D eigenvalue weighted by molar-refractivity contribution is -0.124. The molecule has 16 heavy (non-hydrogen) atoms. The predicted molar refractivity (Wildman–Crippen MR) is 58.5 cm³/mol. The third kappa shape index (κ3) is 2.21. The third-order valence-electron chi connectivity index (χ3n) is 3.11. The third-order valence-corrected chi connectivity index (χ3v) is 3.11. The van der Waals surface area contributed by atoms with Crippen LogP contribution in [0.4, 0.5) is 0 Å². The molecular weight excluding hydrogens is 206 g/mol. The molecule has 1 fully saturated rings. The smallest absolute Gasteiger partial charge is 0.244 e. The number of hydrogen-bond donors (Lipinski definition) is 2. The molecule has 1 aromatic rings. The van der Waals surface area contributed by atoms with Crippen LogP contribution in [0.25, 0.3) is 0 Å². The van der Waals surface area contributed by atoms with Crippen molar-refractivity contribution in [3.63, 3.8) is 0 Å². The quantitative estimate of drug-likeness (QED) is 0.745. The van der Waals surface area contributed by atoms with Crippen LogP contribution in [-0.2, 0) is 4.79 Å². The molecule has 88 valence electrons. The van der Waals surface area contributed by atoms with Gasteiger partial charge in [-0.2, -0.15) is 5.10 Å². The number of nitrogens with zero attached hydrogens (tertiary/aromatic N) is 3.